The van der Waals surface area contributed by atoms with Crippen molar-refractivity contribution in [2.24, 2.45) is 5.41 Å². The molecular weight excluding hydrogens is 252 g/mol. The van der Waals surface area contributed by atoms with Crippen molar-refractivity contribution in [1.29, 1.82) is 0 Å². The van der Waals surface area contributed by atoms with Gasteiger partial charge in [-0.25, -0.2) is 0 Å². The third kappa shape index (κ3) is 5.19. The van der Waals surface area contributed by atoms with Gasteiger partial charge in [0.2, 0.25) is 11.8 Å². The molecular formula is C16H28N2O2. The molecule has 0 saturated heterocycles. The fourth-order valence-electron chi connectivity index (χ4n) is 2.03. The van der Waals surface area contributed by atoms with Crippen LogP contribution in [0.15, 0.2) is 24.8 Å². The Bertz CT molecular complexity index is 330. The van der Waals surface area contributed by atoms with E-state index in [1.165, 1.54) is 0 Å². The van der Waals surface area contributed by atoms with Gasteiger partial charge in [-0.1, -0.05) is 31.6 Å². The number of unbranched alkanes of at least 4 members (excludes halogenated alkanes) is 1. The molecule has 0 fully saturated rings. The van der Waals surface area contributed by atoms with E-state index in [4.69, 9.17) is 0 Å². The Morgan fingerprint density at radius 2 is 1.55 bits per heavy atom. The van der Waals surface area contributed by atoms with E-state index in [-0.39, 0.29) is 11.8 Å². The van der Waals surface area contributed by atoms with Crippen LogP contribution < -0.4 is 10.6 Å². The van der Waals surface area contributed by atoms with Crippen molar-refractivity contribution in [2.75, 3.05) is 13.1 Å². The summed E-state index contributed by atoms with van der Waals surface area (Å²) < 4.78 is 0. The minimum Gasteiger partial charge on any atom is -0.355 e. The molecule has 0 bridgehead atoms. The molecule has 0 aromatic carbocycles. The molecule has 4 heteroatoms. The number of carbonyl (C=O) groups is 2. The molecule has 0 aliphatic carbocycles. The van der Waals surface area contributed by atoms with E-state index in [0.717, 1.165) is 12.8 Å². The van der Waals surface area contributed by atoms with Crippen LogP contribution in [0, 0.1) is 5.41 Å². The summed E-state index contributed by atoms with van der Waals surface area (Å²) >= 11 is 0. The molecule has 0 aliphatic heterocycles. The normalized spacial score (nSPS) is 11.3. The Kier molecular flexibility index (Phi) is 9.43. The maximum atomic E-state index is 12.4. The highest BCUT2D eigenvalue weighted by Crippen LogP contribution is 2.29. The van der Waals surface area contributed by atoms with Gasteiger partial charge in [0.1, 0.15) is 5.41 Å². The predicted molar refractivity (Wildman–Crippen MR) is 83.3 cm³/mol. The van der Waals surface area contributed by atoms with Crippen molar-refractivity contribution in [2.45, 2.75) is 46.5 Å². The first-order valence-corrected chi connectivity index (χ1v) is 7.41. The molecule has 2 amide bonds. The van der Waals surface area contributed by atoms with Crippen molar-refractivity contribution in [3.63, 3.8) is 0 Å². The summed E-state index contributed by atoms with van der Waals surface area (Å²) in [6.45, 7) is 10.5. The van der Waals surface area contributed by atoms with Gasteiger partial charge < -0.3 is 10.6 Å². The number of hydrogen-bond acceptors (Lipinski definition) is 2. The lowest BCUT2D eigenvalue weighted by Crippen LogP contribution is -2.51. The average molecular weight is 280 g/mol. The molecule has 0 saturated carbocycles. The van der Waals surface area contributed by atoms with Crippen molar-refractivity contribution in [3.8, 4) is 0 Å². The van der Waals surface area contributed by atoms with Crippen molar-refractivity contribution in [3.05, 3.63) is 24.8 Å². The lowest BCUT2D eigenvalue weighted by Gasteiger charge is -2.29. The molecule has 0 atom stereocenters. The molecule has 0 aliphatic rings. The van der Waals surface area contributed by atoms with Gasteiger partial charge in [0.05, 0.1) is 0 Å². The SMILES string of the molecule is C=CCC(CC=CCCC)(C(=O)NCC)C(=O)NCC. The Morgan fingerprint density at radius 3 is 1.95 bits per heavy atom. The summed E-state index contributed by atoms with van der Waals surface area (Å²) in [6, 6.07) is 0. The molecule has 20 heavy (non-hydrogen) atoms. The summed E-state index contributed by atoms with van der Waals surface area (Å²) in [5.41, 5.74) is -1.09. The first-order valence-electron chi connectivity index (χ1n) is 7.41. The fraction of sp³-hybridized carbons (Fsp3) is 0.625. The number of carbonyl (C=O) groups excluding carboxylic acids is 2. The van der Waals surface area contributed by atoms with Crippen LogP contribution in [0.3, 0.4) is 0 Å². The van der Waals surface area contributed by atoms with Crippen molar-refractivity contribution in [1.82, 2.24) is 10.6 Å². The van der Waals surface area contributed by atoms with E-state index in [1.54, 1.807) is 6.08 Å². The van der Waals surface area contributed by atoms with Crippen LogP contribution in [-0.2, 0) is 9.59 Å². The summed E-state index contributed by atoms with van der Waals surface area (Å²) in [7, 11) is 0. The first kappa shape index (κ1) is 18.4. The Morgan fingerprint density at radius 1 is 1.00 bits per heavy atom. The highest BCUT2D eigenvalue weighted by molar-refractivity contribution is 6.05. The second kappa shape index (κ2) is 10.2. The van der Waals surface area contributed by atoms with Crippen LogP contribution in [0.4, 0.5) is 0 Å². The lowest BCUT2D eigenvalue weighted by molar-refractivity contribution is -0.143. The zero-order chi connectivity index (χ0) is 15.4. The smallest absolute Gasteiger partial charge is 0.236 e. The quantitative estimate of drug-likeness (QED) is 0.477. The standard InChI is InChI=1S/C16H28N2O2/c1-5-9-10-11-13-16(12-6-2,14(19)17-7-3)15(20)18-8-4/h6,10-11H,2,5,7-9,12-13H2,1,3-4H3,(H,17,19)(H,18,20). The summed E-state index contributed by atoms with van der Waals surface area (Å²) in [5, 5.41) is 5.54. The van der Waals surface area contributed by atoms with Crippen molar-refractivity contribution < 1.29 is 9.59 Å². The van der Waals surface area contributed by atoms with Gasteiger partial charge in [0.25, 0.3) is 0 Å². The molecule has 0 unspecified atom stereocenters. The fourth-order valence-corrected chi connectivity index (χ4v) is 2.03. The molecule has 114 valence electrons. The van der Waals surface area contributed by atoms with Crippen LogP contribution in [0.5, 0.6) is 0 Å². The summed E-state index contributed by atoms with van der Waals surface area (Å²) in [4.78, 5) is 24.8. The van der Waals surface area contributed by atoms with Crippen LogP contribution in [0.25, 0.3) is 0 Å². The molecule has 0 radical (unpaired) electrons. The van der Waals surface area contributed by atoms with Gasteiger partial charge >= 0.3 is 0 Å². The number of amides is 2. The zero-order valence-electron chi connectivity index (χ0n) is 13.0. The predicted octanol–water partition coefficient (Wildman–Crippen LogP) is 2.57. The Balaban J connectivity index is 5.25. The van der Waals surface area contributed by atoms with E-state index in [0.29, 0.717) is 25.9 Å². The van der Waals surface area contributed by atoms with E-state index >= 15 is 0 Å². The van der Waals surface area contributed by atoms with Gasteiger partial charge in [-0.15, -0.1) is 6.58 Å². The average Bonchev–Trinajstić information content (AvgIpc) is 2.42. The van der Waals surface area contributed by atoms with Crippen molar-refractivity contribution >= 4 is 11.8 Å². The van der Waals surface area contributed by atoms with Gasteiger partial charge in [0, 0.05) is 13.1 Å². The third-order valence-corrected chi connectivity index (χ3v) is 3.13. The molecule has 0 rings (SSSR count). The van der Waals surface area contributed by atoms with Crippen LogP contribution >= 0.6 is 0 Å². The summed E-state index contributed by atoms with van der Waals surface area (Å²) in [6.07, 6.45) is 8.33. The molecule has 0 aromatic heterocycles. The Hall–Kier alpha value is -1.58. The second-order valence-corrected chi connectivity index (χ2v) is 4.76. The van der Waals surface area contributed by atoms with E-state index < -0.39 is 5.41 Å². The van der Waals surface area contributed by atoms with E-state index in [2.05, 4.69) is 24.1 Å². The number of nitrogens with one attached hydrogen (secondary N) is 2. The van der Waals surface area contributed by atoms with Crippen LogP contribution in [0.2, 0.25) is 0 Å². The molecule has 0 spiro atoms. The van der Waals surface area contributed by atoms with Crippen LogP contribution in [-0.4, -0.2) is 24.9 Å². The minimum absolute atomic E-state index is 0.230. The largest absolute Gasteiger partial charge is 0.355 e. The molecule has 2 N–H and O–H groups in total. The van der Waals surface area contributed by atoms with Gasteiger partial charge in [-0.05, 0) is 33.1 Å². The number of allylic oxidation sites excluding steroid dienone is 3. The topological polar surface area (TPSA) is 58.2 Å². The molecule has 0 aromatic rings. The monoisotopic (exact) mass is 280 g/mol. The van der Waals surface area contributed by atoms with Gasteiger partial charge in [0.15, 0.2) is 0 Å². The Labute approximate surface area is 122 Å². The maximum absolute atomic E-state index is 12.4. The van der Waals surface area contributed by atoms with Crippen LogP contribution in [0.1, 0.15) is 46.5 Å². The second-order valence-electron chi connectivity index (χ2n) is 4.76. The van der Waals surface area contributed by atoms with E-state index in [1.807, 2.05) is 26.0 Å². The van der Waals surface area contributed by atoms with Gasteiger partial charge in [-0.3, -0.25) is 9.59 Å². The highest BCUT2D eigenvalue weighted by Gasteiger charge is 2.43. The minimum atomic E-state index is -1.09. The van der Waals surface area contributed by atoms with E-state index in [9.17, 15) is 9.59 Å². The third-order valence-electron chi connectivity index (χ3n) is 3.13. The first-order chi connectivity index (χ1) is 9.58. The number of rotatable bonds is 10. The molecule has 4 nitrogen and oxygen atoms in total. The molecule has 0 heterocycles. The number of hydrogen-bond donors (Lipinski definition) is 2. The summed E-state index contributed by atoms with van der Waals surface area (Å²) in [5.74, 6) is -0.459. The lowest BCUT2D eigenvalue weighted by atomic mass is 9.78. The highest BCUT2D eigenvalue weighted by atomic mass is 16.2. The maximum Gasteiger partial charge on any atom is 0.236 e. The zero-order valence-corrected chi connectivity index (χ0v) is 13.0. The van der Waals surface area contributed by atoms with Gasteiger partial charge in [-0.2, -0.15) is 0 Å².